The maximum Gasteiger partial charge on any atom is 0.340 e. The lowest BCUT2D eigenvalue weighted by molar-refractivity contribution is -0.129. The van der Waals surface area contributed by atoms with Crippen LogP contribution in [-0.4, -0.2) is 22.4 Å². The Kier molecular flexibility index (Phi) is 4.37. The summed E-state index contributed by atoms with van der Waals surface area (Å²) < 4.78 is 12.8. The van der Waals surface area contributed by atoms with Crippen LogP contribution in [0.15, 0.2) is 28.9 Å². The number of ketones is 1. The molecule has 2 aromatic rings. The van der Waals surface area contributed by atoms with Gasteiger partial charge in [-0.15, -0.1) is 0 Å². The van der Waals surface area contributed by atoms with Crippen molar-refractivity contribution in [2.24, 2.45) is 0 Å². The van der Waals surface area contributed by atoms with Gasteiger partial charge in [0.05, 0.1) is 18.4 Å². The highest BCUT2D eigenvalue weighted by Gasteiger charge is 2.27. The van der Waals surface area contributed by atoms with Gasteiger partial charge in [0.1, 0.15) is 5.76 Å². The van der Waals surface area contributed by atoms with Gasteiger partial charge in [-0.05, 0) is 51.3 Å². The highest BCUT2D eigenvalue weighted by molar-refractivity contribution is 5.94. The van der Waals surface area contributed by atoms with Gasteiger partial charge in [-0.25, -0.2) is 4.79 Å². The van der Waals surface area contributed by atoms with Crippen LogP contribution in [0.5, 0.6) is 0 Å². The molecular weight excluding hydrogens is 294 g/mol. The summed E-state index contributed by atoms with van der Waals surface area (Å²) >= 11 is 0. The van der Waals surface area contributed by atoms with Crippen LogP contribution >= 0.6 is 0 Å². The van der Waals surface area contributed by atoms with Gasteiger partial charge in [-0.1, -0.05) is 0 Å². The monoisotopic (exact) mass is 315 g/mol. The van der Waals surface area contributed by atoms with E-state index in [0.29, 0.717) is 24.9 Å². The van der Waals surface area contributed by atoms with Crippen molar-refractivity contribution >= 4 is 11.8 Å². The van der Waals surface area contributed by atoms with E-state index in [4.69, 9.17) is 9.15 Å². The van der Waals surface area contributed by atoms with Gasteiger partial charge >= 0.3 is 5.97 Å². The van der Waals surface area contributed by atoms with Crippen molar-refractivity contribution in [3.63, 3.8) is 0 Å². The molecule has 5 heteroatoms. The van der Waals surface area contributed by atoms with Crippen LogP contribution in [0.1, 0.15) is 53.2 Å². The van der Waals surface area contributed by atoms with Crippen molar-refractivity contribution in [2.45, 2.75) is 52.2 Å². The van der Waals surface area contributed by atoms with Crippen LogP contribution in [-0.2, 0) is 16.1 Å². The van der Waals surface area contributed by atoms with Gasteiger partial charge in [0.2, 0.25) is 0 Å². The molecule has 3 rings (SSSR count). The van der Waals surface area contributed by atoms with Gasteiger partial charge in [0.15, 0.2) is 11.9 Å². The molecular formula is C18H21NO4. The molecule has 2 heterocycles. The van der Waals surface area contributed by atoms with Crippen LogP contribution < -0.4 is 0 Å². The van der Waals surface area contributed by atoms with Crippen LogP contribution in [0.2, 0.25) is 0 Å². The molecule has 0 N–H and O–H groups in total. The third kappa shape index (κ3) is 3.23. The van der Waals surface area contributed by atoms with Crippen LogP contribution in [0.25, 0.3) is 0 Å². The maximum atomic E-state index is 12.4. The van der Waals surface area contributed by atoms with E-state index in [1.54, 1.807) is 6.26 Å². The number of furan rings is 1. The van der Waals surface area contributed by atoms with Crippen molar-refractivity contribution < 1.29 is 18.7 Å². The quantitative estimate of drug-likeness (QED) is 0.811. The summed E-state index contributed by atoms with van der Waals surface area (Å²) in [5.74, 6) is 0.451. The Morgan fingerprint density at radius 2 is 2.22 bits per heavy atom. The van der Waals surface area contributed by atoms with Gasteiger partial charge in [-0.3, -0.25) is 4.79 Å². The van der Waals surface area contributed by atoms with Crippen LogP contribution in [0.4, 0.5) is 0 Å². The Balaban J connectivity index is 1.77. The van der Waals surface area contributed by atoms with E-state index in [-0.39, 0.29) is 5.78 Å². The van der Waals surface area contributed by atoms with Crippen LogP contribution in [0.3, 0.4) is 0 Å². The average Bonchev–Trinajstić information content (AvgIpc) is 3.13. The number of Topliss-reactive ketones (excluding diaryl/α,β-unsaturated/α-hetero) is 1. The van der Waals surface area contributed by atoms with Crippen molar-refractivity contribution in [1.82, 2.24) is 4.57 Å². The van der Waals surface area contributed by atoms with Gasteiger partial charge in [0, 0.05) is 17.8 Å². The lowest BCUT2D eigenvalue weighted by Crippen LogP contribution is -2.30. The first kappa shape index (κ1) is 15.6. The second-order valence-corrected chi connectivity index (χ2v) is 6.06. The molecule has 1 saturated carbocycles. The summed E-state index contributed by atoms with van der Waals surface area (Å²) in [4.78, 5) is 24.3. The highest BCUT2D eigenvalue weighted by atomic mass is 16.5. The zero-order valence-corrected chi connectivity index (χ0v) is 13.5. The molecule has 0 aromatic carbocycles. The van der Waals surface area contributed by atoms with E-state index in [2.05, 4.69) is 0 Å². The molecule has 0 spiro atoms. The topological polar surface area (TPSA) is 61.4 Å². The molecule has 1 fully saturated rings. The lowest BCUT2D eigenvalue weighted by atomic mass is 9.96. The predicted molar refractivity (Wildman–Crippen MR) is 84.4 cm³/mol. The third-order valence-corrected chi connectivity index (χ3v) is 4.44. The van der Waals surface area contributed by atoms with E-state index in [0.717, 1.165) is 30.0 Å². The zero-order chi connectivity index (χ0) is 16.4. The smallest absolute Gasteiger partial charge is 0.340 e. The average molecular weight is 315 g/mol. The molecule has 1 aliphatic rings. The first-order valence-corrected chi connectivity index (χ1v) is 7.99. The normalized spacial score (nSPS) is 18.2. The maximum absolute atomic E-state index is 12.4. The van der Waals surface area contributed by atoms with E-state index < -0.39 is 12.1 Å². The Morgan fingerprint density at radius 1 is 1.39 bits per heavy atom. The van der Waals surface area contributed by atoms with Crippen molar-refractivity contribution in [2.75, 3.05) is 0 Å². The van der Waals surface area contributed by atoms with E-state index in [1.165, 1.54) is 0 Å². The largest absolute Gasteiger partial charge is 0.467 e. The van der Waals surface area contributed by atoms with Crippen molar-refractivity contribution in [3.05, 3.63) is 47.2 Å². The number of ether oxygens (including phenoxy) is 1. The van der Waals surface area contributed by atoms with Crippen LogP contribution in [0, 0.1) is 13.8 Å². The Labute approximate surface area is 135 Å². The molecule has 5 nitrogen and oxygen atoms in total. The minimum absolute atomic E-state index is 0.0361. The Bertz CT molecular complexity index is 712. The van der Waals surface area contributed by atoms with Crippen molar-refractivity contribution in [3.8, 4) is 0 Å². The standard InChI is InChI=1S/C18H21NO4/c1-12-10-15(13(2)19(12)11-14-6-5-9-22-14)18(21)23-17-8-4-3-7-16(17)20/h5-6,9-10,17H,3-4,7-8,11H2,1-2H3/t17-/m1/s1. The summed E-state index contributed by atoms with van der Waals surface area (Å²) in [6.07, 6.45) is 4.02. The van der Waals surface area contributed by atoms with Gasteiger partial charge < -0.3 is 13.7 Å². The summed E-state index contributed by atoms with van der Waals surface area (Å²) in [6.45, 7) is 4.40. The molecule has 0 unspecified atom stereocenters. The highest BCUT2D eigenvalue weighted by Crippen LogP contribution is 2.22. The summed E-state index contributed by atoms with van der Waals surface area (Å²) in [5.41, 5.74) is 2.31. The summed E-state index contributed by atoms with van der Waals surface area (Å²) in [6, 6.07) is 5.55. The molecule has 1 aliphatic carbocycles. The second kappa shape index (κ2) is 6.44. The SMILES string of the molecule is Cc1cc(C(=O)O[C@@H]2CCCCC2=O)c(C)n1Cc1ccco1. The molecule has 122 valence electrons. The van der Waals surface area contributed by atoms with E-state index in [9.17, 15) is 9.59 Å². The second-order valence-electron chi connectivity index (χ2n) is 6.06. The molecule has 0 radical (unpaired) electrons. The zero-order valence-electron chi connectivity index (χ0n) is 13.5. The molecule has 0 bridgehead atoms. The first-order valence-electron chi connectivity index (χ1n) is 7.99. The molecule has 2 aromatic heterocycles. The molecule has 1 atom stereocenters. The van der Waals surface area contributed by atoms with E-state index >= 15 is 0 Å². The third-order valence-electron chi connectivity index (χ3n) is 4.44. The number of hydrogen-bond acceptors (Lipinski definition) is 4. The number of aromatic nitrogens is 1. The molecule has 0 amide bonds. The van der Waals surface area contributed by atoms with Gasteiger partial charge in [0.25, 0.3) is 0 Å². The number of carbonyl (C=O) groups is 2. The molecule has 23 heavy (non-hydrogen) atoms. The number of carbonyl (C=O) groups excluding carboxylic acids is 2. The van der Waals surface area contributed by atoms with E-state index in [1.807, 2.05) is 36.6 Å². The number of aryl methyl sites for hydroxylation is 1. The fourth-order valence-electron chi connectivity index (χ4n) is 3.08. The number of rotatable bonds is 4. The summed E-state index contributed by atoms with van der Waals surface area (Å²) in [5, 5.41) is 0. The van der Waals surface area contributed by atoms with Gasteiger partial charge in [-0.2, -0.15) is 0 Å². The minimum atomic E-state index is -0.579. The first-order chi connectivity index (χ1) is 11.1. The molecule has 0 saturated heterocycles. The predicted octanol–water partition coefficient (Wildman–Crippen LogP) is 3.41. The van der Waals surface area contributed by atoms with Crippen molar-refractivity contribution in [1.29, 1.82) is 0 Å². The Morgan fingerprint density at radius 3 is 2.91 bits per heavy atom. The Hall–Kier alpha value is -2.30. The minimum Gasteiger partial charge on any atom is -0.467 e. The fourth-order valence-corrected chi connectivity index (χ4v) is 3.08. The number of nitrogens with zero attached hydrogens (tertiary/aromatic N) is 1. The number of hydrogen-bond donors (Lipinski definition) is 0. The molecule has 0 aliphatic heterocycles. The summed E-state index contributed by atoms with van der Waals surface area (Å²) in [7, 11) is 0. The number of esters is 1. The fraction of sp³-hybridized carbons (Fsp3) is 0.444. The lowest BCUT2D eigenvalue weighted by Gasteiger charge is -2.20.